The fourth-order valence-corrected chi connectivity index (χ4v) is 4.40. The molecular formula is C16H26N4O2S2. The minimum atomic E-state index is -0.899. The molecule has 1 aromatic heterocycles. The van der Waals surface area contributed by atoms with Crippen molar-refractivity contribution in [3.8, 4) is 0 Å². The topological polar surface area (TPSA) is 84.8 Å². The van der Waals surface area contributed by atoms with Crippen molar-refractivity contribution in [2.45, 2.75) is 44.5 Å². The van der Waals surface area contributed by atoms with Gasteiger partial charge < -0.3 is 5.73 Å². The molecule has 0 radical (unpaired) electrons. The summed E-state index contributed by atoms with van der Waals surface area (Å²) >= 11 is 3.63. The van der Waals surface area contributed by atoms with E-state index in [0.29, 0.717) is 6.54 Å². The van der Waals surface area contributed by atoms with Gasteiger partial charge in [0.25, 0.3) is 6.04 Å². The average Bonchev–Trinajstić information content (AvgIpc) is 3.01. The molecule has 6 nitrogen and oxygen atoms in total. The first-order chi connectivity index (χ1) is 11.6. The highest BCUT2D eigenvalue weighted by molar-refractivity contribution is 7.98. The molecule has 134 valence electrons. The molecule has 2 N–H and O–H groups in total. The summed E-state index contributed by atoms with van der Waals surface area (Å²) in [7, 11) is 0. The predicted molar refractivity (Wildman–Crippen MR) is 103 cm³/mol. The van der Waals surface area contributed by atoms with E-state index in [4.69, 9.17) is 5.73 Å². The molecule has 2 heterocycles. The lowest BCUT2D eigenvalue weighted by molar-refractivity contribution is -0.498. The summed E-state index contributed by atoms with van der Waals surface area (Å²) in [4.78, 5) is 18.2. The highest BCUT2D eigenvalue weighted by Crippen LogP contribution is 2.22. The van der Waals surface area contributed by atoms with Crippen molar-refractivity contribution >= 4 is 28.9 Å². The molecule has 0 saturated carbocycles. The standard InChI is InChI=1S/C16H26N4O2S2/c1-13(20(21)22)16(17)18-5-8-23-11-14-9-15(24-12-14)10-19-6-3-2-4-7-19/h9,12-13H,2-8,10-11H2,1H3,(H2,17,18). The second-order valence-corrected chi connectivity index (χ2v) is 8.18. The van der Waals surface area contributed by atoms with Gasteiger partial charge in [-0.05, 0) is 42.9 Å². The van der Waals surface area contributed by atoms with Gasteiger partial charge in [-0.25, -0.2) is 0 Å². The van der Waals surface area contributed by atoms with Crippen LogP contribution in [0.5, 0.6) is 0 Å². The number of likely N-dealkylation sites (tertiary alicyclic amines) is 1. The lowest BCUT2D eigenvalue weighted by atomic mass is 10.1. The van der Waals surface area contributed by atoms with Gasteiger partial charge in [0.15, 0.2) is 5.84 Å². The van der Waals surface area contributed by atoms with Crippen LogP contribution in [-0.4, -0.2) is 47.1 Å². The van der Waals surface area contributed by atoms with Crippen LogP contribution in [0.3, 0.4) is 0 Å². The van der Waals surface area contributed by atoms with E-state index in [0.717, 1.165) is 18.1 Å². The molecule has 1 fully saturated rings. The normalized spacial score (nSPS) is 17.8. The van der Waals surface area contributed by atoms with Crippen molar-refractivity contribution in [1.29, 1.82) is 0 Å². The first kappa shape index (κ1) is 19.2. The Balaban J connectivity index is 1.66. The van der Waals surface area contributed by atoms with Gasteiger partial charge in [0.1, 0.15) is 0 Å². The summed E-state index contributed by atoms with van der Waals surface area (Å²) in [6, 6.07) is 1.41. The monoisotopic (exact) mass is 370 g/mol. The van der Waals surface area contributed by atoms with Crippen molar-refractivity contribution in [2.24, 2.45) is 10.7 Å². The molecule has 2 rings (SSSR count). The SMILES string of the molecule is CC(C(N)=NCCSCc1csc(CN2CCCCC2)c1)[N+](=O)[O-]. The minimum Gasteiger partial charge on any atom is -0.382 e. The number of thiophene rings is 1. The summed E-state index contributed by atoms with van der Waals surface area (Å²) in [6.45, 7) is 5.52. The summed E-state index contributed by atoms with van der Waals surface area (Å²) < 4.78 is 0. The molecule has 1 unspecified atom stereocenters. The Morgan fingerprint density at radius 3 is 2.96 bits per heavy atom. The molecule has 8 heteroatoms. The van der Waals surface area contributed by atoms with E-state index in [1.807, 2.05) is 11.3 Å². The van der Waals surface area contributed by atoms with Crippen molar-refractivity contribution < 1.29 is 4.92 Å². The van der Waals surface area contributed by atoms with Crippen molar-refractivity contribution in [3.05, 3.63) is 32.0 Å². The van der Waals surface area contributed by atoms with E-state index in [9.17, 15) is 10.1 Å². The van der Waals surface area contributed by atoms with Crippen LogP contribution in [0.15, 0.2) is 16.4 Å². The van der Waals surface area contributed by atoms with Gasteiger partial charge in [-0.2, -0.15) is 11.8 Å². The summed E-state index contributed by atoms with van der Waals surface area (Å²) in [5.41, 5.74) is 6.95. The number of amidine groups is 1. The number of nitro groups is 1. The van der Waals surface area contributed by atoms with Crippen LogP contribution in [0.4, 0.5) is 0 Å². The van der Waals surface area contributed by atoms with Crippen LogP contribution in [0.1, 0.15) is 36.6 Å². The Morgan fingerprint density at radius 2 is 2.25 bits per heavy atom. The van der Waals surface area contributed by atoms with E-state index < -0.39 is 11.0 Å². The van der Waals surface area contributed by atoms with Gasteiger partial charge >= 0.3 is 0 Å². The third-order valence-electron chi connectivity index (χ3n) is 4.08. The van der Waals surface area contributed by atoms with Crippen molar-refractivity contribution in [3.63, 3.8) is 0 Å². The molecular weight excluding hydrogens is 344 g/mol. The highest BCUT2D eigenvalue weighted by atomic mass is 32.2. The van der Waals surface area contributed by atoms with Gasteiger partial charge in [-0.1, -0.05) is 6.42 Å². The summed E-state index contributed by atoms with van der Waals surface area (Å²) in [5, 5.41) is 12.8. The summed E-state index contributed by atoms with van der Waals surface area (Å²) in [6.07, 6.45) is 4.02. The van der Waals surface area contributed by atoms with Crippen molar-refractivity contribution in [2.75, 3.05) is 25.4 Å². The Bertz CT molecular complexity index is 556. The maximum Gasteiger partial charge on any atom is 0.266 e. The second-order valence-electron chi connectivity index (χ2n) is 6.08. The fraction of sp³-hybridized carbons (Fsp3) is 0.688. The number of hydrogen-bond acceptors (Lipinski definition) is 6. The van der Waals surface area contributed by atoms with Crippen molar-refractivity contribution in [1.82, 2.24) is 4.90 Å². The highest BCUT2D eigenvalue weighted by Gasteiger charge is 2.17. The number of hydrogen-bond donors (Lipinski definition) is 1. The number of rotatable bonds is 9. The molecule has 1 saturated heterocycles. The molecule has 0 bridgehead atoms. The molecule has 24 heavy (non-hydrogen) atoms. The van der Waals surface area contributed by atoms with E-state index in [-0.39, 0.29) is 5.84 Å². The quantitative estimate of drug-likeness (QED) is 0.237. The Morgan fingerprint density at radius 1 is 1.50 bits per heavy atom. The first-order valence-electron chi connectivity index (χ1n) is 8.36. The van der Waals surface area contributed by atoms with Crippen LogP contribution in [0.25, 0.3) is 0 Å². The first-order valence-corrected chi connectivity index (χ1v) is 10.4. The number of piperidine rings is 1. The number of nitrogens with zero attached hydrogens (tertiary/aromatic N) is 3. The van der Waals surface area contributed by atoms with Crippen LogP contribution < -0.4 is 5.73 Å². The molecule has 0 aliphatic carbocycles. The average molecular weight is 371 g/mol. The molecule has 1 aromatic rings. The van der Waals surface area contributed by atoms with Gasteiger partial charge in [-0.3, -0.25) is 20.0 Å². The van der Waals surface area contributed by atoms with E-state index in [1.165, 1.54) is 49.7 Å². The van der Waals surface area contributed by atoms with Crippen LogP contribution >= 0.6 is 23.1 Å². The van der Waals surface area contributed by atoms with Crippen LogP contribution in [0.2, 0.25) is 0 Å². The third kappa shape index (κ3) is 6.41. The Labute approximate surface area is 151 Å². The summed E-state index contributed by atoms with van der Waals surface area (Å²) in [5.74, 6) is 1.89. The number of nitrogens with two attached hydrogens (primary N) is 1. The molecule has 1 atom stereocenters. The molecule has 1 aliphatic rings. The lowest BCUT2D eigenvalue weighted by Gasteiger charge is -2.25. The van der Waals surface area contributed by atoms with Gasteiger partial charge in [0.2, 0.25) is 0 Å². The zero-order chi connectivity index (χ0) is 17.4. The lowest BCUT2D eigenvalue weighted by Crippen LogP contribution is -2.33. The van der Waals surface area contributed by atoms with Crippen LogP contribution in [-0.2, 0) is 12.3 Å². The Hall–Kier alpha value is -1.12. The zero-order valence-corrected chi connectivity index (χ0v) is 15.8. The Kier molecular flexibility index (Phi) is 8.01. The third-order valence-corrected chi connectivity index (χ3v) is 6.06. The second kappa shape index (κ2) is 10.0. The van der Waals surface area contributed by atoms with Gasteiger partial charge in [-0.15, -0.1) is 11.3 Å². The smallest absolute Gasteiger partial charge is 0.266 e. The largest absolute Gasteiger partial charge is 0.382 e. The molecule has 1 aliphatic heterocycles. The van der Waals surface area contributed by atoms with Gasteiger partial charge in [0, 0.05) is 34.8 Å². The molecule has 0 amide bonds. The van der Waals surface area contributed by atoms with Crippen LogP contribution in [0, 0.1) is 10.1 Å². The van der Waals surface area contributed by atoms with Gasteiger partial charge in [0.05, 0.1) is 6.54 Å². The number of aliphatic imine (C=N–C) groups is 1. The number of thioether (sulfide) groups is 1. The molecule has 0 spiro atoms. The fourth-order valence-electron chi connectivity index (χ4n) is 2.59. The minimum absolute atomic E-state index is 0.111. The van der Waals surface area contributed by atoms with E-state index >= 15 is 0 Å². The zero-order valence-electron chi connectivity index (χ0n) is 14.1. The molecule has 0 aromatic carbocycles. The van der Waals surface area contributed by atoms with E-state index in [2.05, 4.69) is 21.3 Å². The van der Waals surface area contributed by atoms with E-state index in [1.54, 1.807) is 11.8 Å². The maximum absolute atomic E-state index is 10.6. The maximum atomic E-state index is 10.6. The predicted octanol–water partition coefficient (Wildman–Crippen LogP) is 2.99.